The molecule has 0 aliphatic heterocycles. The first-order valence-electron chi connectivity index (χ1n) is 7.51. The van der Waals surface area contributed by atoms with Gasteiger partial charge in [0.05, 0.1) is 5.56 Å². The average Bonchev–Trinajstić information content (AvgIpc) is 2.48. The molecule has 112 valence electrons. The highest BCUT2D eigenvalue weighted by Gasteiger charge is 2.18. The third-order valence-electron chi connectivity index (χ3n) is 3.87. The molecular weight excluding hydrogens is 262 g/mol. The van der Waals surface area contributed by atoms with Crippen molar-refractivity contribution < 1.29 is 9.53 Å². The molecule has 0 saturated carbocycles. The van der Waals surface area contributed by atoms with Gasteiger partial charge in [-0.1, -0.05) is 44.2 Å². The standard InChI is InChI=1S/C18H23NO2/c1-5-19(6-2)14(4)21-18-16(13(3)20)12-11-15-9-7-8-10-17(15)18/h7-12,14H,5-6H2,1-4H3. The molecule has 0 radical (unpaired) electrons. The molecule has 0 fully saturated rings. The van der Waals surface area contributed by atoms with Gasteiger partial charge in [-0.2, -0.15) is 0 Å². The van der Waals surface area contributed by atoms with Crippen LogP contribution in [0.15, 0.2) is 36.4 Å². The molecule has 1 atom stereocenters. The number of Topliss-reactive ketones (excluding diaryl/α,β-unsaturated/α-hetero) is 1. The van der Waals surface area contributed by atoms with Gasteiger partial charge >= 0.3 is 0 Å². The fraction of sp³-hybridized carbons (Fsp3) is 0.389. The Morgan fingerprint density at radius 3 is 2.43 bits per heavy atom. The summed E-state index contributed by atoms with van der Waals surface area (Å²) in [7, 11) is 0. The fourth-order valence-corrected chi connectivity index (χ4v) is 2.63. The molecule has 3 nitrogen and oxygen atoms in total. The first-order chi connectivity index (χ1) is 10.1. The lowest BCUT2D eigenvalue weighted by Crippen LogP contribution is -2.37. The van der Waals surface area contributed by atoms with Crippen molar-refractivity contribution in [3.05, 3.63) is 42.0 Å². The third kappa shape index (κ3) is 3.24. The summed E-state index contributed by atoms with van der Waals surface area (Å²) in [6.45, 7) is 9.66. The molecule has 1 unspecified atom stereocenters. The van der Waals surface area contributed by atoms with E-state index >= 15 is 0 Å². The van der Waals surface area contributed by atoms with Crippen molar-refractivity contribution in [2.75, 3.05) is 13.1 Å². The van der Waals surface area contributed by atoms with Crippen LogP contribution in [0.5, 0.6) is 5.75 Å². The molecule has 0 aliphatic rings. The van der Waals surface area contributed by atoms with E-state index in [0.717, 1.165) is 23.9 Å². The molecule has 0 amide bonds. The van der Waals surface area contributed by atoms with Crippen LogP contribution in [0.1, 0.15) is 38.1 Å². The summed E-state index contributed by atoms with van der Waals surface area (Å²) in [6.07, 6.45) is -0.0658. The van der Waals surface area contributed by atoms with E-state index in [-0.39, 0.29) is 12.0 Å². The van der Waals surface area contributed by atoms with Gasteiger partial charge in [-0.25, -0.2) is 0 Å². The van der Waals surface area contributed by atoms with Crippen molar-refractivity contribution in [1.29, 1.82) is 0 Å². The zero-order valence-electron chi connectivity index (χ0n) is 13.2. The molecule has 3 heteroatoms. The van der Waals surface area contributed by atoms with Crippen LogP contribution in [0.25, 0.3) is 10.8 Å². The molecular formula is C18H23NO2. The number of rotatable bonds is 6. The average molecular weight is 285 g/mol. The number of fused-ring (bicyclic) bond motifs is 1. The monoisotopic (exact) mass is 285 g/mol. The van der Waals surface area contributed by atoms with Crippen LogP contribution in [0.2, 0.25) is 0 Å². The van der Waals surface area contributed by atoms with Crippen LogP contribution < -0.4 is 4.74 Å². The molecule has 2 aromatic rings. The number of nitrogens with zero attached hydrogens (tertiary/aromatic N) is 1. The van der Waals surface area contributed by atoms with Crippen LogP contribution in [-0.2, 0) is 0 Å². The molecule has 0 aliphatic carbocycles. The Bertz CT molecular complexity index is 632. The van der Waals surface area contributed by atoms with Crippen LogP contribution in [0.4, 0.5) is 0 Å². The lowest BCUT2D eigenvalue weighted by Gasteiger charge is -2.28. The quantitative estimate of drug-likeness (QED) is 0.591. The number of carbonyl (C=O) groups excluding carboxylic acids is 1. The topological polar surface area (TPSA) is 29.5 Å². The Kier molecular flexibility index (Phi) is 4.97. The molecule has 0 bridgehead atoms. The van der Waals surface area contributed by atoms with E-state index in [1.165, 1.54) is 0 Å². The summed E-state index contributed by atoms with van der Waals surface area (Å²) in [5.74, 6) is 0.725. The molecule has 0 heterocycles. The van der Waals surface area contributed by atoms with Crippen LogP contribution in [0.3, 0.4) is 0 Å². The smallest absolute Gasteiger partial charge is 0.163 e. The number of hydrogen-bond donors (Lipinski definition) is 0. The van der Waals surface area contributed by atoms with E-state index in [1.54, 1.807) is 6.92 Å². The van der Waals surface area contributed by atoms with E-state index in [0.29, 0.717) is 11.3 Å². The second kappa shape index (κ2) is 6.72. The summed E-state index contributed by atoms with van der Waals surface area (Å²) in [5.41, 5.74) is 0.646. The van der Waals surface area contributed by atoms with Crippen molar-refractivity contribution in [3.8, 4) is 5.75 Å². The molecule has 0 N–H and O–H groups in total. The number of ether oxygens (including phenoxy) is 1. The van der Waals surface area contributed by atoms with E-state index in [9.17, 15) is 4.79 Å². The van der Waals surface area contributed by atoms with Gasteiger partial charge in [0.25, 0.3) is 0 Å². The summed E-state index contributed by atoms with van der Waals surface area (Å²) >= 11 is 0. The Hall–Kier alpha value is -1.87. The number of benzene rings is 2. The van der Waals surface area contributed by atoms with E-state index in [2.05, 4.69) is 18.7 Å². The molecule has 0 spiro atoms. The minimum absolute atomic E-state index is 0.0301. The SMILES string of the molecule is CCN(CC)C(C)Oc1c(C(C)=O)ccc2ccccc12. The Balaban J connectivity index is 2.49. The van der Waals surface area contributed by atoms with Gasteiger partial charge in [0.1, 0.15) is 12.0 Å². The van der Waals surface area contributed by atoms with Crippen molar-refractivity contribution >= 4 is 16.6 Å². The summed E-state index contributed by atoms with van der Waals surface area (Å²) in [6, 6.07) is 11.8. The third-order valence-corrected chi connectivity index (χ3v) is 3.87. The van der Waals surface area contributed by atoms with Gasteiger partial charge in [0.2, 0.25) is 0 Å². The number of hydrogen-bond acceptors (Lipinski definition) is 3. The van der Waals surface area contributed by atoms with Gasteiger partial charge in [-0.15, -0.1) is 0 Å². The maximum absolute atomic E-state index is 11.9. The Morgan fingerprint density at radius 1 is 1.14 bits per heavy atom. The first-order valence-corrected chi connectivity index (χ1v) is 7.51. The van der Waals surface area contributed by atoms with Crippen molar-refractivity contribution in [2.45, 2.75) is 33.9 Å². The highest BCUT2D eigenvalue weighted by Crippen LogP contribution is 2.31. The van der Waals surface area contributed by atoms with E-state index < -0.39 is 0 Å². The summed E-state index contributed by atoms with van der Waals surface area (Å²) in [5, 5.41) is 2.08. The van der Waals surface area contributed by atoms with Crippen LogP contribution in [-0.4, -0.2) is 30.0 Å². The highest BCUT2D eigenvalue weighted by atomic mass is 16.5. The van der Waals surface area contributed by atoms with Gasteiger partial charge in [-0.05, 0) is 38.4 Å². The largest absolute Gasteiger partial charge is 0.474 e. The molecule has 21 heavy (non-hydrogen) atoms. The van der Waals surface area contributed by atoms with Gasteiger partial charge < -0.3 is 4.74 Å². The van der Waals surface area contributed by atoms with Crippen molar-refractivity contribution in [1.82, 2.24) is 4.90 Å². The molecule has 2 rings (SSSR count). The second-order valence-electron chi connectivity index (χ2n) is 5.16. The van der Waals surface area contributed by atoms with Crippen molar-refractivity contribution in [2.24, 2.45) is 0 Å². The zero-order valence-corrected chi connectivity index (χ0v) is 13.2. The zero-order chi connectivity index (χ0) is 15.4. The Morgan fingerprint density at radius 2 is 1.81 bits per heavy atom. The second-order valence-corrected chi connectivity index (χ2v) is 5.16. The summed E-state index contributed by atoms with van der Waals surface area (Å²) < 4.78 is 6.17. The Labute approximate surface area is 126 Å². The predicted molar refractivity (Wildman–Crippen MR) is 87.0 cm³/mol. The maximum Gasteiger partial charge on any atom is 0.163 e. The molecule has 0 aromatic heterocycles. The van der Waals surface area contributed by atoms with Crippen LogP contribution >= 0.6 is 0 Å². The van der Waals surface area contributed by atoms with E-state index in [1.807, 2.05) is 43.3 Å². The normalized spacial score (nSPS) is 12.6. The lowest BCUT2D eigenvalue weighted by atomic mass is 10.0. The predicted octanol–water partition coefficient (Wildman–Crippen LogP) is 4.11. The minimum atomic E-state index is -0.0658. The minimum Gasteiger partial charge on any atom is -0.474 e. The van der Waals surface area contributed by atoms with Gasteiger partial charge in [-0.3, -0.25) is 9.69 Å². The van der Waals surface area contributed by atoms with Crippen LogP contribution in [0, 0.1) is 0 Å². The van der Waals surface area contributed by atoms with Crippen molar-refractivity contribution in [3.63, 3.8) is 0 Å². The maximum atomic E-state index is 11.9. The van der Waals surface area contributed by atoms with Gasteiger partial charge in [0.15, 0.2) is 5.78 Å². The first kappa shape index (κ1) is 15.5. The van der Waals surface area contributed by atoms with E-state index in [4.69, 9.17) is 4.74 Å². The molecule has 2 aromatic carbocycles. The number of carbonyl (C=O) groups is 1. The number of ketones is 1. The lowest BCUT2D eigenvalue weighted by molar-refractivity contribution is 0.0484. The summed E-state index contributed by atoms with van der Waals surface area (Å²) in [4.78, 5) is 14.1. The highest BCUT2D eigenvalue weighted by molar-refractivity contribution is 6.03. The molecule has 0 saturated heterocycles. The fourth-order valence-electron chi connectivity index (χ4n) is 2.63. The van der Waals surface area contributed by atoms with Gasteiger partial charge in [0, 0.05) is 5.39 Å².